The molecule has 28 heavy (non-hydrogen) atoms. The molecular formula is C20H15BrN2O4S. The number of hydrogen-bond donors (Lipinski definition) is 1. The van der Waals surface area contributed by atoms with E-state index in [1.807, 2.05) is 6.07 Å². The third kappa shape index (κ3) is 5.28. The molecule has 3 rings (SSSR count). The quantitative estimate of drug-likeness (QED) is 0.262. The van der Waals surface area contributed by atoms with Gasteiger partial charge in [-0.3, -0.25) is 0 Å². The highest BCUT2D eigenvalue weighted by molar-refractivity contribution is 9.10. The van der Waals surface area contributed by atoms with Crippen LogP contribution >= 0.6 is 15.9 Å². The second kappa shape index (κ2) is 8.81. The van der Waals surface area contributed by atoms with Crippen molar-refractivity contribution in [3.05, 3.63) is 94.5 Å². The van der Waals surface area contributed by atoms with E-state index in [1.165, 1.54) is 18.3 Å². The molecule has 0 saturated heterocycles. The van der Waals surface area contributed by atoms with Crippen molar-refractivity contribution in [2.45, 2.75) is 4.90 Å². The van der Waals surface area contributed by atoms with E-state index in [-0.39, 0.29) is 4.90 Å². The first-order valence-electron chi connectivity index (χ1n) is 8.12. The van der Waals surface area contributed by atoms with Gasteiger partial charge in [-0.25, -0.2) is 9.63 Å². The summed E-state index contributed by atoms with van der Waals surface area (Å²) >= 11 is 3.31. The van der Waals surface area contributed by atoms with Gasteiger partial charge in [0.15, 0.2) is 0 Å². The summed E-state index contributed by atoms with van der Waals surface area (Å²) in [4.78, 5) is 14.4. The van der Waals surface area contributed by atoms with Gasteiger partial charge in [-0.05, 0) is 60.2 Å². The smallest absolute Gasteiger partial charge is 0.343 e. The first-order valence-corrected chi connectivity index (χ1v) is 10.4. The van der Waals surface area contributed by atoms with E-state index in [2.05, 4.69) is 25.9 Å². The number of rotatable bonds is 6. The molecule has 0 aromatic heterocycles. The van der Waals surface area contributed by atoms with Crippen LogP contribution in [0, 0.1) is 0 Å². The van der Waals surface area contributed by atoms with Crippen molar-refractivity contribution in [3.63, 3.8) is 0 Å². The number of hydrazone groups is 1. The van der Waals surface area contributed by atoms with Crippen molar-refractivity contribution in [2.75, 3.05) is 0 Å². The lowest BCUT2D eigenvalue weighted by molar-refractivity contribution is 0.0734. The first kappa shape index (κ1) is 19.8. The molecule has 142 valence electrons. The molecule has 0 spiro atoms. The highest BCUT2D eigenvalue weighted by Gasteiger charge is 2.11. The Hall–Kier alpha value is -2.97. The van der Waals surface area contributed by atoms with Crippen LogP contribution in [0.3, 0.4) is 0 Å². The van der Waals surface area contributed by atoms with Gasteiger partial charge in [-0.2, -0.15) is 13.5 Å². The molecule has 3 aromatic rings. The van der Waals surface area contributed by atoms with Crippen LogP contribution in [0.5, 0.6) is 5.75 Å². The van der Waals surface area contributed by atoms with E-state index in [4.69, 9.17) is 4.74 Å². The summed E-state index contributed by atoms with van der Waals surface area (Å²) in [5.74, 6) is -0.106. The molecule has 0 aliphatic rings. The number of nitrogens with one attached hydrogen (secondary N) is 1. The molecule has 0 heterocycles. The zero-order valence-electron chi connectivity index (χ0n) is 14.4. The van der Waals surface area contributed by atoms with Gasteiger partial charge in [0.1, 0.15) is 5.75 Å². The van der Waals surface area contributed by atoms with E-state index in [1.54, 1.807) is 60.7 Å². The van der Waals surface area contributed by atoms with E-state index in [0.29, 0.717) is 16.9 Å². The van der Waals surface area contributed by atoms with Crippen molar-refractivity contribution >= 4 is 38.1 Å². The molecular weight excluding hydrogens is 444 g/mol. The maximum absolute atomic E-state index is 12.1. The zero-order valence-corrected chi connectivity index (χ0v) is 16.9. The lowest BCUT2D eigenvalue weighted by Gasteiger charge is -2.05. The maximum atomic E-state index is 12.1. The minimum Gasteiger partial charge on any atom is -0.423 e. The summed E-state index contributed by atoms with van der Waals surface area (Å²) in [6.07, 6.45) is 1.36. The zero-order chi connectivity index (χ0) is 20.0. The third-order valence-corrected chi connectivity index (χ3v) is 5.32. The lowest BCUT2D eigenvalue weighted by atomic mass is 10.2. The highest BCUT2D eigenvalue weighted by Crippen LogP contribution is 2.16. The number of benzene rings is 3. The molecule has 0 radical (unpaired) electrons. The van der Waals surface area contributed by atoms with E-state index < -0.39 is 16.0 Å². The summed E-state index contributed by atoms with van der Waals surface area (Å²) in [7, 11) is -3.71. The number of hydrogen-bond acceptors (Lipinski definition) is 5. The van der Waals surface area contributed by atoms with Crippen LogP contribution in [0.15, 0.2) is 93.3 Å². The van der Waals surface area contributed by atoms with Crippen LogP contribution in [0.2, 0.25) is 0 Å². The van der Waals surface area contributed by atoms with E-state index >= 15 is 0 Å². The first-order chi connectivity index (χ1) is 13.4. The molecule has 3 aromatic carbocycles. The summed E-state index contributed by atoms with van der Waals surface area (Å²) in [5, 5.41) is 3.76. The standard InChI is InChI=1S/C20H15BrN2O4S/c21-17-6-4-5-16(13-17)20(24)27-18-11-9-15(10-12-18)14-22-23-28(25,26)19-7-2-1-3-8-19/h1-14,23H/b22-14+. The van der Waals surface area contributed by atoms with Gasteiger partial charge in [0, 0.05) is 4.47 Å². The monoisotopic (exact) mass is 458 g/mol. The molecule has 0 amide bonds. The largest absolute Gasteiger partial charge is 0.423 e. The van der Waals surface area contributed by atoms with Crippen molar-refractivity contribution in [1.82, 2.24) is 4.83 Å². The summed E-state index contributed by atoms with van der Waals surface area (Å²) in [6, 6.07) is 21.4. The van der Waals surface area contributed by atoms with Crippen LogP contribution in [0.25, 0.3) is 0 Å². The number of halogens is 1. The summed E-state index contributed by atoms with van der Waals surface area (Å²) in [5.41, 5.74) is 1.06. The number of carbonyl (C=O) groups excluding carboxylic acids is 1. The highest BCUT2D eigenvalue weighted by atomic mass is 79.9. The Balaban J connectivity index is 1.61. The van der Waals surface area contributed by atoms with Gasteiger partial charge in [0.25, 0.3) is 10.0 Å². The fraction of sp³-hybridized carbons (Fsp3) is 0. The van der Waals surface area contributed by atoms with Crippen LogP contribution < -0.4 is 9.57 Å². The number of carbonyl (C=O) groups is 1. The average molecular weight is 459 g/mol. The maximum Gasteiger partial charge on any atom is 0.343 e. The fourth-order valence-corrected chi connectivity index (χ4v) is 3.44. The van der Waals surface area contributed by atoms with Crippen molar-refractivity contribution in [1.29, 1.82) is 0 Å². The number of nitrogens with zero attached hydrogens (tertiary/aromatic N) is 1. The lowest BCUT2D eigenvalue weighted by Crippen LogP contribution is -2.18. The van der Waals surface area contributed by atoms with E-state index in [9.17, 15) is 13.2 Å². The van der Waals surface area contributed by atoms with Crippen LogP contribution in [-0.2, 0) is 10.0 Å². The molecule has 0 unspecified atom stereocenters. The normalized spacial score (nSPS) is 11.3. The Labute approximate surface area is 171 Å². The van der Waals surface area contributed by atoms with Gasteiger partial charge >= 0.3 is 5.97 Å². The molecule has 6 nitrogen and oxygen atoms in total. The topological polar surface area (TPSA) is 84.8 Å². The molecule has 0 aliphatic heterocycles. The molecule has 0 fully saturated rings. The minimum atomic E-state index is -3.71. The SMILES string of the molecule is O=C(Oc1ccc(/C=N/NS(=O)(=O)c2ccccc2)cc1)c1cccc(Br)c1. The van der Waals surface area contributed by atoms with Crippen LogP contribution in [0.4, 0.5) is 0 Å². The van der Waals surface area contributed by atoms with Crippen LogP contribution in [0.1, 0.15) is 15.9 Å². The molecule has 1 N–H and O–H groups in total. The Kier molecular flexibility index (Phi) is 6.23. The molecule has 0 atom stereocenters. The average Bonchev–Trinajstić information content (AvgIpc) is 2.70. The van der Waals surface area contributed by atoms with Gasteiger partial charge in [-0.15, -0.1) is 0 Å². The Morgan fingerprint density at radius 2 is 1.68 bits per heavy atom. The Morgan fingerprint density at radius 1 is 0.964 bits per heavy atom. The summed E-state index contributed by atoms with van der Waals surface area (Å²) in [6.45, 7) is 0. The molecule has 0 aliphatic carbocycles. The third-order valence-electron chi connectivity index (χ3n) is 3.59. The minimum absolute atomic E-state index is 0.127. The van der Waals surface area contributed by atoms with Gasteiger partial charge < -0.3 is 4.74 Å². The van der Waals surface area contributed by atoms with Crippen molar-refractivity contribution in [2.24, 2.45) is 5.10 Å². The predicted octanol–water partition coefficient (Wildman–Crippen LogP) is 3.98. The Morgan fingerprint density at radius 3 is 2.36 bits per heavy atom. The van der Waals surface area contributed by atoms with Gasteiger partial charge in [0.2, 0.25) is 0 Å². The number of esters is 1. The number of sulfonamides is 1. The Bertz CT molecular complexity index is 1100. The van der Waals surface area contributed by atoms with Crippen molar-refractivity contribution < 1.29 is 17.9 Å². The predicted molar refractivity (Wildman–Crippen MR) is 110 cm³/mol. The van der Waals surface area contributed by atoms with E-state index in [0.717, 1.165) is 4.47 Å². The second-order valence-corrected chi connectivity index (χ2v) is 8.21. The number of ether oxygens (including phenoxy) is 1. The van der Waals surface area contributed by atoms with Crippen molar-refractivity contribution in [3.8, 4) is 5.75 Å². The fourth-order valence-electron chi connectivity index (χ4n) is 2.23. The second-order valence-electron chi connectivity index (χ2n) is 5.63. The molecule has 0 saturated carbocycles. The molecule has 8 heteroatoms. The van der Waals surface area contributed by atoms with Gasteiger partial charge in [0.05, 0.1) is 16.7 Å². The molecule has 0 bridgehead atoms. The summed E-state index contributed by atoms with van der Waals surface area (Å²) < 4.78 is 30.2. The van der Waals surface area contributed by atoms with Crippen LogP contribution in [-0.4, -0.2) is 20.6 Å². The van der Waals surface area contributed by atoms with Gasteiger partial charge in [-0.1, -0.05) is 40.2 Å².